The first-order valence-electron chi connectivity index (χ1n) is 6.61. The van der Waals surface area contributed by atoms with Crippen molar-refractivity contribution in [2.75, 3.05) is 0 Å². The third-order valence-corrected chi connectivity index (χ3v) is 5.92. The molecule has 112 valence electrons. The first-order chi connectivity index (χ1) is 9.93. The average molecular weight is 309 g/mol. The lowest BCUT2D eigenvalue weighted by molar-refractivity contribution is -0.140. The van der Waals surface area contributed by atoms with Crippen molar-refractivity contribution in [2.45, 2.75) is 36.7 Å². The summed E-state index contributed by atoms with van der Waals surface area (Å²) in [5.74, 6) is -1.11. The number of carboxylic acids is 1. The predicted molar refractivity (Wildman–Crippen MR) is 75.2 cm³/mol. The van der Waals surface area contributed by atoms with E-state index < -0.39 is 22.0 Å². The highest BCUT2D eigenvalue weighted by atomic mass is 32.2. The van der Waals surface area contributed by atoms with Crippen LogP contribution in [0.1, 0.15) is 19.8 Å². The van der Waals surface area contributed by atoms with E-state index in [1.165, 1.54) is 6.20 Å². The Hall–Kier alpha value is -1.93. The lowest BCUT2D eigenvalue weighted by Crippen LogP contribution is -2.43. The molecule has 0 unspecified atom stereocenters. The summed E-state index contributed by atoms with van der Waals surface area (Å²) in [6.07, 6.45) is 3.80. The zero-order valence-electron chi connectivity index (χ0n) is 11.4. The minimum atomic E-state index is -3.88. The Labute approximate surface area is 121 Å². The SMILES string of the molecule is C[C@@H]1CC[C@H](C(=O)O)N1S(=O)(=O)c1c[nH]c2ncccc12. The van der Waals surface area contributed by atoms with Crippen molar-refractivity contribution in [1.82, 2.24) is 14.3 Å². The van der Waals surface area contributed by atoms with Gasteiger partial charge in [0.1, 0.15) is 16.6 Å². The Kier molecular flexibility index (Phi) is 3.22. The molecule has 7 nitrogen and oxygen atoms in total. The van der Waals surface area contributed by atoms with E-state index in [0.29, 0.717) is 23.9 Å². The molecule has 21 heavy (non-hydrogen) atoms. The van der Waals surface area contributed by atoms with Gasteiger partial charge in [-0.2, -0.15) is 4.31 Å². The van der Waals surface area contributed by atoms with E-state index in [-0.39, 0.29) is 10.9 Å². The van der Waals surface area contributed by atoms with E-state index in [1.807, 2.05) is 0 Å². The van der Waals surface area contributed by atoms with Gasteiger partial charge in [-0.05, 0) is 31.9 Å². The van der Waals surface area contributed by atoms with Crippen LogP contribution >= 0.6 is 0 Å². The Bertz CT molecular complexity index is 799. The molecule has 1 saturated heterocycles. The van der Waals surface area contributed by atoms with Crippen LogP contribution in [0.5, 0.6) is 0 Å². The molecule has 0 amide bonds. The third kappa shape index (κ3) is 2.11. The molecule has 1 fully saturated rings. The number of carboxylic acid groups (broad SMARTS) is 1. The van der Waals surface area contributed by atoms with E-state index >= 15 is 0 Å². The van der Waals surface area contributed by atoms with Crippen LogP contribution in [-0.2, 0) is 14.8 Å². The number of fused-ring (bicyclic) bond motifs is 1. The first kappa shape index (κ1) is 14.0. The topological polar surface area (TPSA) is 103 Å². The highest BCUT2D eigenvalue weighted by Gasteiger charge is 2.44. The van der Waals surface area contributed by atoms with Gasteiger partial charge in [-0.3, -0.25) is 4.79 Å². The minimum absolute atomic E-state index is 0.0746. The molecule has 3 rings (SSSR count). The van der Waals surface area contributed by atoms with Crippen LogP contribution < -0.4 is 0 Å². The van der Waals surface area contributed by atoms with Crippen molar-refractivity contribution < 1.29 is 18.3 Å². The van der Waals surface area contributed by atoms with Crippen LogP contribution in [0.4, 0.5) is 0 Å². The van der Waals surface area contributed by atoms with Crippen molar-refractivity contribution in [1.29, 1.82) is 0 Å². The van der Waals surface area contributed by atoms with Crippen LogP contribution in [0, 0.1) is 0 Å². The van der Waals surface area contributed by atoms with Gasteiger partial charge in [0.05, 0.1) is 0 Å². The lowest BCUT2D eigenvalue weighted by atomic mass is 10.2. The highest BCUT2D eigenvalue weighted by molar-refractivity contribution is 7.89. The standard InChI is InChI=1S/C13H15N3O4S/c1-8-4-5-10(13(17)18)16(8)21(19,20)11-7-15-12-9(11)3-2-6-14-12/h2-3,6-8,10H,4-5H2,1H3,(H,14,15)(H,17,18)/t8-,10-/m1/s1. The molecule has 2 aromatic rings. The second kappa shape index (κ2) is 4.81. The van der Waals surface area contributed by atoms with Crippen LogP contribution in [0.25, 0.3) is 11.0 Å². The monoisotopic (exact) mass is 309 g/mol. The number of nitrogens with zero attached hydrogens (tertiary/aromatic N) is 2. The van der Waals surface area contributed by atoms with Gasteiger partial charge >= 0.3 is 5.97 Å². The van der Waals surface area contributed by atoms with E-state index in [2.05, 4.69) is 9.97 Å². The Morgan fingerprint density at radius 3 is 2.95 bits per heavy atom. The van der Waals surface area contributed by atoms with E-state index in [4.69, 9.17) is 0 Å². The van der Waals surface area contributed by atoms with Gasteiger partial charge in [0.25, 0.3) is 0 Å². The molecule has 2 N–H and O–H groups in total. The van der Waals surface area contributed by atoms with Gasteiger partial charge in [0.15, 0.2) is 0 Å². The fourth-order valence-electron chi connectivity index (χ4n) is 2.86. The maximum atomic E-state index is 12.8. The number of sulfonamides is 1. The summed E-state index contributed by atoms with van der Waals surface area (Å²) in [7, 11) is -3.88. The predicted octanol–water partition coefficient (Wildman–Crippen LogP) is 1.19. The molecule has 2 atom stereocenters. The number of H-pyrrole nitrogens is 1. The summed E-state index contributed by atoms with van der Waals surface area (Å²) < 4.78 is 26.8. The maximum Gasteiger partial charge on any atom is 0.322 e. The molecule has 8 heteroatoms. The van der Waals surface area contributed by atoms with Crippen molar-refractivity contribution in [3.05, 3.63) is 24.5 Å². The molecule has 0 bridgehead atoms. The first-order valence-corrected chi connectivity index (χ1v) is 8.05. The van der Waals surface area contributed by atoms with E-state index in [9.17, 15) is 18.3 Å². The number of rotatable bonds is 3. The second-order valence-electron chi connectivity index (χ2n) is 5.17. The lowest BCUT2D eigenvalue weighted by Gasteiger charge is -2.24. The van der Waals surface area contributed by atoms with Crippen LogP contribution in [0.15, 0.2) is 29.4 Å². The number of carbonyl (C=O) groups is 1. The third-order valence-electron chi connectivity index (χ3n) is 3.85. The molecule has 0 aromatic carbocycles. The van der Waals surface area contributed by atoms with E-state index in [0.717, 1.165) is 4.31 Å². The number of aromatic nitrogens is 2. The Morgan fingerprint density at radius 2 is 2.24 bits per heavy atom. The van der Waals surface area contributed by atoms with Crippen molar-refractivity contribution in [3.63, 3.8) is 0 Å². The van der Waals surface area contributed by atoms with Gasteiger partial charge in [-0.1, -0.05) is 0 Å². The van der Waals surface area contributed by atoms with E-state index in [1.54, 1.807) is 25.3 Å². The molecule has 0 saturated carbocycles. The largest absolute Gasteiger partial charge is 0.480 e. The van der Waals surface area contributed by atoms with Gasteiger partial charge in [-0.25, -0.2) is 13.4 Å². The number of nitrogens with one attached hydrogen (secondary N) is 1. The number of hydrogen-bond donors (Lipinski definition) is 2. The highest BCUT2D eigenvalue weighted by Crippen LogP contribution is 2.33. The molecule has 3 heterocycles. The second-order valence-corrected chi connectivity index (χ2v) is 6.98. The molecule has 0 radical (unpaired) electrons. The average Bonchev–Trinajstić information content (AvgIpc) is 3.02. The minimum Gasteiger partial charge on any atom is -0.480 e. The normalized spacial score (nSPS) is 23.7. The van der Waals surface area contributed by atoms with Crippen molar-refractivity contribution in [3.8, 4) is 0 Å². The number of hydrogen-bond acceptors (Lipinski definition) is 4. The molecule has 1 aliphatic rings. The molecular formula is C13H15N3O4S. The number of pyridine rings is 1. The summed E-state index contributed by atoms with van der Waals surface area (Å²) in [6.45, 7) is 1.73. The van der Waals surface area contributed by atoms with Crippen molar-refractivity contribution in [2.24, 2.45) is 0 Å². The summed E-state index contributed by atoms with van der Waals surface area (Å²) >= 11 is 0. The number of aromatic amines is 1. The van der Waals surface area contributed by atoms with Crippen LogP contribution in [-0.4, -0.2) is 45.9 Å². The Balaban J connectivity index is 2.13. The summed E-state index contributed by atoms with van der Waals surface area (Å²) in [5.41, 5.74) is 0.467. The van der Waals surface area contributed by atoms with Gasteiger partial charge < -0.3 is 10.1 Å². The van der Waals surface area contributed by atoms with Crippen molar-refractivity contribution >= 4 is 27.0 Å². The number of aliphatic carboxylic acids is 1. The zero-order chi connectivity index (χ0) is 15.2. The Morgan fingerprint density at radius 1 is 1.48 bits per heavy atom. The quantitative estimate of drug-likeness (QED) is 0.886. The zero-order valence-corrected chi connectivity index (χ0v) is 12.2. The summed E-state index contributed by atoms with van der Waals surface area (Å²) in [5, 5.41) is 9.72. The van der Waals surface area contributed by atoms with Gasteiger partial charge in [0.2, 0.25) is 10.0 Å². The fraction of sp³-hybridized carbons (Fsp3) is 0.385. The van der Waals surface area contributed by atoms with Gasteiger partial charge in [0, 0.05) is 23.8 Å². The van der Waals surface area contributed by atoms with Gasteiger partial charge in [-0.15, -0.1) is 0 Å². The summed E-state index contributed by atoms with van der Waals surface area (Å²) in [4.78, 5) is 18.3. The molecule has 1 aliphatic heterocycles. The fourth-order valence-corrected chi connectivity index (χ4v) is 4.84. The molecular weight excluding hydrogens is 294 g/mol. The molecule has 0 aliphatic carbocycles. The van der Waals surface area contributed by atoms with Crippen LogP contribution in [0.3, 0.4) is 0 Å². The maximum absolute atomic E-state index is 12.8. The molecule has 0 spiro atoms. The molecule has 2 aromatic heterocycles. The smallest absolute Gasteiger partial charge is 0.322 e. The van der Waals surface area contributed by atoms with Crippen LogP contribution in [0.2, 0.25) is 0 Å². The summed E-state index contributed by atoms with van der Waals surface area (Å²) in [6, 6.07) is 1.96.